The topological polar surface area (TPSA) is 40.5 Å². The molecule has 0 fully saturated rings. The van der Waals surface area contributed by atoms with Crippen molar-refractivity contribution in [2.45, 2.75) is 6.55 Å². The van der Waals surface area contributed by atoms with E-state index in [1.807, 2.05) is 12.1 Å². The van der Waals surface area contributed by atoms with Gasteiger partial charge in [-0.3, -0.25) is 0 Å². The third-order valence-electron chi connectivity index (χ3n) is 4.14. The van der Waals surface area contributed by atoms with E-state index >= 15 is 0 Å². The molecule has 0 amide bonds. The van der Waals surface area contributed by atoms with Gasteiger partial charge in [-0.2, -0.15) is 0 Å². The van der Waals surface area contributed by atoms with Crippen LogP contribution in [0.1, 0.15) is 5.56 Å². The molecule has 4 aromatic carbocycles. The predicted molar refractivity (Wildman–Crippen MR) is 95.2 cm³/mol. The van der Waals surface area contributed by atoms with Crippen LogP contribution in [0.5, 0.6) is 0 Å². The molecule has 0 aliphatic heterocycles. The molecule has 0 bridgehead atoms. The maximum absolute atomic E-state index is 9.63. The number of hydrogen-bond donors (Lipinski definition) is 2. The zero-order valence-corrected chi connectivity index (χ0v) is 13.2. The first-order valence-corrected chi connectivity index (χ1v) is 9.81. The molecule has 0 saturated carbocycles. The van der Waals surface area contributed by atoms with E-state index in [0.29, 0.717) is 0 Å². The van der Waals surface area contributed by atoms with Crippen molar-refractivity contribution in [2.75, 3.05) is 0 Å². The summed E-state index contributed by atoms with van der Waals surface area (Å²) in [5.41, 5.74) is 2.56. The maximum Gasteiger partial charge on any atom is 0.356 e. The predicted octanol–water partition coefficient (Wildman–Crippen LogP) is 4.19. The van der Waals surface area contributed by atoms with Gasteiger partial charge >= 0.3 is 8.56 Å². The average Bonchev–Trinajstić information content (AvgIpc) is 2.50. The first-order chi connectivity index (χ1) is 10.5. The molecule has 0 saturated heterocycles. The van der Waals surface area contributed by atoms with Gasteiger partial charge in [0.05, 0.1) is 0 Å². The van der Waals surface area contributed by atoms with E-state index < -0.39 is 8.56 Å². The van der Waals surface area contributed by atoms with Crippen LogP contribution in [0, 0.1) is 0 Å². The monoisotopic (exact) mass is 304 g/mol. The number of hydrogen-bond acceptors (Lipinski definition) is 2. The van der Waals surface area contributed by atoms with Crippen molar-refractivity contribution < 1.29 is 9.59 Å². The molecule has 4 aromatic rings. The van der Waals surface area contributed by atoms with Gasteiger partial charge in [0.25, 0.3) is 0 Å². The highest BCUT2D eigenvalue weighted by molar-refractivity contribution is 6.69. The van der Waals surface area contributed by atoms with Crippen molar-refractivity contribution >= 4 is 47.0 Å². The van der Waals surface area contributed by atoms with Gasteiger partial charge in [0.15, 0.2) is 0 Å². The Morgan fingerprint density at radius 2 is 1.36 bits per heavy atom. The molecule has 0 heterocycles. The summed E-state index contributed by atoms with van der Waals surface area (Å²) in [6.07, 6.45) is 1.83. The molecule has 22 heavy (non-hydrogen) atoms. The van der Waals surface area contributed by atoms with Gasteiger partial charge in [-0.1, -0.05) is 60.7 Å². The van der Waals surface area contributed by atoms with Crippen molar-refractivity contribution in [3.8, 4) is 0 Å². The number of benzene rings is 4. The normalized spacial score (nSPS) is 13.0. The van der Waals surface area contributed by atoms with Crippen LogP contribution in [0.25, 0.3) is 38.4 Å². The summed E-state index contributed by atoms with van der Waals surface area (Å²) in [5.74, 6) is 0. The smallest absolute Gasteiger partial charge is 0.356 e. The van der Waals surface area contributed by atoms with Gasteiger partial charge in [0, 0.05) is 0 Å². The summed E-state index contributed by atoms with van der Waals surface area (Å²) >= 11 is 0. The van der Waals surface area contributed by atoms with E-state index in [-0.39, 0.29) is 0 Å². The highest BCUT2D eigenvalue weighted by Gasteiger charge is 2.16. The summed E-state index contributed by atoms with van der Waals surface area (Å²) < 4.78 is 0. The van der Waals surface area contributed by atoms with Crippen molar-refractivity contribution in [1.29, 1.82) is 0 Å². The third-order valence-corrected chi connectivity index (χ3v) is 4.94. The molecule has 0 spiro atoms. The van der Waals surface area contributed by atoms with E-state index in [9.17, 15) is 9.59 Å². The lowest BCUT2D eigenvalue weighted by atomic mass is 9.92. The highest BCUT2D eigenvalue weighted by atomic mass is 28.4. The van der Waals surface area contributed by atoms with Crippen LogP contribution in [0.2, 0.25) is 6.55 Å². The highest BCUT2D eigenvalue weighted by Crippen LogP contribution is 2.36. The first kappa shape index (κ1) is 13.5. The molecule has 0 radical (unpaired) electrons. The minimum Gasteiger partial charge on any atom is -0.408 e. The first-order valence-electron chi connectivity index (χ1n) is 7.33. The summed E-state index contributed by atoms with van der Waals surface area (Å²) in [6, 6.07) is 19.0. The Labute approximate surface area is 129 Å². The van der Waals surface area contributed by atoms with Crippen LogP contribution in [-0.2, 0) is 0 Å². The molecule has 4 rings (SSSR count). The summed E-state index contributed by atoms with van der Waals surface area (Å²) in [6.45, 7) is 1.49. The number of rotatable bonds is 2. The second kappa shape index (κ2) is 4.65. The summed E-state index contributed by atoms with van der Waals surface area (Å²) in [5, 5.41) is 7.36. The van der Waals surface area contributed by atoms with E-state index in [1.54, 1.807) is 5.70 Å². The van der Waals surface area contributed by atoms with E-state index in [2.05, 4.69) is 48.5 Å². The van der Waals surface area contributed by atoms with Crippen molar-refractivity contribution in [1.82, 2.24) is 0 Å². The Balaban J connectivity index is 2.11. The van der Waals surface area contributed by atoms with Crippen molar-refractivity contribution in [2.24, 2.45) is 0 Å². The lowest BCUT2D eigenvalue weighted by molar-refractivity contribution is 0.390. The van der Waals surface area contributed by atoms with E-state index in [4.69, 9.17) is 0 Å². The van der Waals surface area contributed by atoms with Gasteiger partial charge < -0.3 is 9.59 Å². The fourth-order valence-corrected chi connectivity index (χ4v) is 3.65. The average molecular weight is 304 g/mol. The molecule has 0 aliphatic carbocycles. The van der Waals surface area contributed by atoms with Crippen LogP contribution >= 0.6 is 0 Å². The SMILES string of the molecule is C[Si](O)(O)/C=C/c1ccc2ccc3cccc4ccc1c2c34. The minimum absolute atomic E-state index is 1.02. The second-order valence-electron chi connectivity index (χ2n) is 5.94. The van der Waals surface area contributed by atoms with Crippen LogP contribution in [0.15, 0.2) is 60.3 Å². The maximum atomic E-state index is 9.63. The Hall–Kier alpha value is -2.20. The Bertz CT molecular complexity index is 997. The molecule has 2 N–H and O–H groups in total. The molecule has 0 aromatic heterocycles. The molecule has 2 nitrogen and oxygen atoms in total. The van der Waals surface area contributed by atoms with E-state index in [1.165, 1.54) is 33.5 Å². The fraction of sp³-hybridized carbons (Fsp3) is 0.0526. The van der Waals surface area contributed by atoms with Crippen LogP contribution in [0.3, 0.4) is 0 Å². The summed E-state index contributed by atoms with van der Waals surface area (Å²) in [7, 11) is -3.19. The Morgan fingerprint density at radius 1 is 0.773 bits per heavy atom. The van der Waals surface area contributed by atoms with Crippen LogP contribution in [-0.4, -0.2) is 18.2 Å². The Morgan fingerprint density at radius 3 is 2.05 bits per heavy atom. The minimum atomic E-state index is -3.19. The lowest BCUT2D eigenvalue weighted by Gasteiger charge is -2.12. The van der Waals surface area contributed by atoms with Gasteiger partial charge in [0.1, 0.15) is 0 Å². The quantitative estimate of drug-likeness (QED) is 0.430. The molecule has 0 unspecified atom stereocenters. The lowest BCUT2D eigenvalue weighted by Crippen LogP contribution is -2.26. The molecular weight excluding hydrogens is 288 g/mol. The van der Waals surface area contributed by atoms with Gasteiger partial charge in [-0.15, -0.1) is 0 Å². The van der Waals surface area contributed by atoms with Crippen LogP contribution < -0.4 is 0 Å². The van der Waals surface area contributed by atoms with Gasteiger partial charge in [-0.25, -0.2) is 0 Å². The third kappa shape index (κ3) is 2.11. The van der Waals surface area contributed by atoms with Crippen LogP contribution in [0.4, 0.5) is 0 Å². The Kier molecular flexibility index (Phi) is 2.84. The largest absolute Gasteiger partial charge is 0.408 e. The molecule has 0 aliphatic rings. The molecule has 108 valence electrons. The standard InChI is InChI=1S/C19H16O2Si/c1-22(20,21)12-11-13-5-6-16-8-7-14-3-2-4-15-9-10-17(13)19(16)18(14)15/h2-12,20-21H,1H3/b12-11+. The van der Waals surface area contributed by atoms with Crippen molar-refractivity contribution in [3.63, 3.8) is 0 Å². The molecule has 3 heteroatoms. The fourth-order valence-electron chi connectivity index (χ4n) is 3.15. The van der Waals surface area contributed by atoms with Gasteiger partial charge in [0.2, 0.25) is 0 Å². The molecular formula is C19H16O2Si. The van der Waals surface area contributed by atoms with Gasteiger partial charge in [-0.05, 0) is 50.1 Å². The molecule has 0 atom stereocenters. The zero-order chi connectivity index (χ0) is 15.3. The zero-order valence-electron chi connectivity index (χ0n) is 12.2. The summed E-state index contributed by atoms with van der Waals surface area (Å²) in [4.78, 5) is 19.3. The van der Waals surface area contributed by atoms with E-state index in [0.717, 1.165) is 10.9 Å². The van der Waals surface area contributed by atoms with Crippen molar-refractivity contribution in [3.05, 3.63) is 65.9 Å². The second-order valence-corrected chi connectivity index (χ2v) is 8.46.